The molecule has 1 aromatic carbocycles. The van der Waals surface area contributed by atoms with E-state index in [1.165, 1.54) is 0 Å². The van der Waals surface area contributed by atoms with Crippen molar-refractivity contribution in [3.05, 3.63) is 28.8 Å². The second-order valence-corrected chi connectivity index (χ2v) is 5.49. The predicted molar refractivity (Wildman–Crippen MR) is 73.8 cm³/mol. The van der Waals surface area contributed by atoms with Gasteiger partial charge >= 0.3 is 0 Å². The number of benzene rings is 1. The van der Waals surface area contributed by atoms with Gasteiger partial charge < -0.3 is 9.64 Å². The van der Waals surface area contributed by atoms with Gasteiger partial charge in [0.15, 0.2) is 0 Å². The third kappa shape index (κ3) is 2.95. The average Bonchev–Trinajstić information content (AvgIpc) is 2.30. The van der Waals surface area contributed by atoms with Crippen molar-refractivity contribution in [2.45, 2.75) is 19.9 Å². The molecule has 0 aliphatic carbocycles. The van der Waals surface area contributed by atoms with Crippen LogP contribution in [0.3, 0.4) is 0 Å². The van der Waals surface area contributed by atoms with Gasteiger partial charge in [-0.3, -0.25) is 0 Å². The first-order chi connectivity index (χ1) is 8.33. The number of halogens is 1. The molecule has 0 N–H and O–H groups in total. The van der Waals surface area contributed by atoms with Crippen LogP contribution in [0.4, 0.5) is 0 Å². The molecule has 98 valence electrons. The Balaban J connectivity index is 3.28. The maximum Gasteiger partial charge on any atom is 0.120 e. The molecule has 0 radical (unpaired) electrons. The zero-order valence-corrected chi connectivity index (χ0v) is 12.2. The van der Waals surface area contributed by atoms with Crippen molar-refractivity contribution >= 4 is 11.6 Å². The van der Waals surface area contributed by atoms with Gasteiger partial charge in [0.05, 0.1) is 24.6 Å². The van der Waals surface area contributed by atoms with Gasteiger partial charge in [-0.05, 0) is 45.6 Å². The van der Waals surface area contributed by atoms with E-state index in [0.29, 0.717) is 5.02 Å². The molecule has 1 rings (SSSR count). The number of hydrogen-bond donors (Lipinski definition) is 0. The van der Waals surface area contributed by atoms with Crippen molar-refractivity contribution in [3.8, 4) is 11.8 Å². The third-order valence-electron chi connectivity index (χ3n) is 2.99. The van der Waals surface area contributed by atoms with Crippen LogP contribution in [0.2, 0.25) is 5.02 Å². The fourth-order valence-corrected chi connectivity index (χ4v) is 2.50. The summed E-state index contributed by atoms with van der Waals surface area (Å²) >= 11 is 6.29. The van der Waals surface area contributed by atoms with Crippen LogP contribution in [0.1, 0.15) is 25.5 Å². The van der Waals surface area contributed by atoms with E-state index in [-0.39, 0.29) is 6.04 Å². The van der Waals surface area contributed by atoms with E-state index in [0.717, 1.165) is 11.3 Å². The lowest BCUT2D eigenvalue weighted by molar-refractivity contribution is 0.185. The second kappa shape index (κ2) is 5.60. The first-order valence-corrected chi connectivity index (χ1v) is 6.12. The van der Waals surface area contributed by atoms with Gasteiger partial charge in [-0.2, -0.15) is 5.26 Å². The van der Waals surface area contributed by atoms with E-state index in [2.05, 4.69) is 6.07 Å². The SMILES string of the molecule is COc1ccc(C(N(C)C)C(C)(C)C#N)c(Cl)c1. The van der Waals surface area contributed by atoms with E-state index >= 15 is 0 Å². The first kappa shape index (κ1) is 14.8. The summed E-state index contributed by atoms with van der Waals surface area (Å²) in [6.07, 6.45) is 0. The number of methoxy groups -OCH3 is 1. The predicted octanol–water partition coefficient (Wildman–Crippen LogP) is 3.50. The van der Waals surface area contributed by atoms with Gasteiger partial charge in [-0.15, -0.1) is 0 Å². The zero-order chi connectivity index (χ0) is 13.9. The number of ether oxygens (including phenoxy) is 1. The van der Waals surface area contributed by atoms with Crippen LogP contribution in [-0.2, 0) is 0 Å². The summed E-state index contributed by atoms with van der Waals surface area (Å²) < 4.78 is 5.14. The molecule has 0 aromatic heterocycles. The summed E-state index contributed by atoms with van der Waals surface area (Å²) in [4.78, 5) is 2.01. The van der Waals surface area contributed by atoms with Gasteiger partial charge in [-0.25, -0.2) is 0 Å². The van der Waals surface area contributed by atoms with Crippen molar-refractivity contribution in [1.82, 2.24) is 4.90 Å². The molecule has 1 atom stereocenters. The lowest BCUT2D eigenvalue weighted by atomic mass is 9.81. The highest BCUT2D eigenvalue weighted by Crippen LogP contribution is 2.40. The summed E-state index contributed by atoms with van der Waals surface area (Å²) in [5.41, 5.74) is 0.413. The van der Waals surface area contributed by atoms with Gasteiger partial charge in [0, 0.05) is 5.02 Å². The molecule has 1 unspecified atom stereocenters. The summed E-state index contributed by atoms with van der Waals surface area (Å²) in [5.74, 6) is 0.719. The van der Waals surface area contributed by atoms with Gasteiger partial charge in [0.2, 0.25) is 0 Å². The Labute approximate surface area is 114 Å². The highest BCUT2D eigenvalue weighted by atomic mass is 35.5. The number of rotatable bonds is 4. The van der Waals surface area contributed by atoms with Crippen LogP contribution >= 0.6 is 11.6 Å². The van der Waals surface area contributed by atoms with Gasteiger partial charge in [-0.1, -0.05) is 17.7 Å². The number of nitriles is 1. The summed E-state index contributed by atoms with van der Waals surface area (Å²) in [5, 5.41) is 9.94. The Morgan fingerprint density at radius 2 is 2.00 bits per heavy atom. The largest absolute Gasteiger partial charge is 0.497 e. The molecular formula is C14H19ClN2O. The molecule has 4 heteroatoms. The zero-order valence-electron chi connectivity index (χ0n) is 11.5. The van der Waals surface area contributed by atoms with E-state index in [1.807, 2.05) is 45.0 Å². The highest BCUT2D eigenvalue weighted by Gasteiger charge is 2.34. The minimum atomic E-state index is -0.526. The summed E-state index contributed by atoms with van der Waals surface area (Å²) in [6.45, 7) is 3.83. The topological polar surface area (TPSA) is 36.3 Å². The van der Waals surface area contributed by atoms with Crippen molar-refractivity contribution in [2.75, 3.05) is 21.2 Å². The molecule has 3 nitrogen and oxygen atoms in total. The Bertz CT molecular complexity index is 463. The fourth-order valence-electron chi connectivity index (χ4n) is 2.23. The molecule has 0 fully saturated rings. The maximum atomic E-state index is 9.32. The average molecular weight is 267 g/mol. The molecular weight excluding hydrogens is 248 g/mol. The summed E-state index contributed by atoms with van der Waals surface area (Å²) in [7, 11) is 5.50. The van der Waals surface area contributed by atoms with Crippen LogP contribution in [0.5, 0.6) is 5.75 Å². The third-order valence-corrected chi connectivity index (χ3v) is 3.32. The number of nitrogens with zero attached hydrogens (tertiary/aromatic N) is 2. The van der Waals surface area contributed by atoms with E-state index in [4.69, 9.17) is 16.3 Å². The van der Waals surface area contributed by atoms with Gasteiger partial charge in [0.1, 0.15) is 5.75 Å². The fraction of sp³-hybridized carbons (Fsp3) is 0.500. The van der Waals surface area contributed by atoms with Crippen LogP contribution in [-0.4, -0.2) is 26.1 Å². The lowest BCUT2D eigenvalue weighted by Gasteiger charge is -2.34. The molecule has 0 amide bonds. The van der Waals surface area contributed by atoms with Crippen molar-refractivity contribution in [3.63, 3.8) is 0 Å². The molecule has 0 saturated carbocycles. The van der Waals surface area contributed by atoms with Crippen LogP contribution < -0.4 is 4.74 Å². The molecule has 0 spiro atoms. The van der Waals surface area contributed by atoms with Crippen LogP contribution in [0.25, 0.3) is 0 Å². The van der Waals surface area contributed by atoms with E-state index < -0.39 is 5.41 Å². The Morgan fingerprint density at radius 1 is 1.39 bits per heavy atom. The van der Waals surface area contributed by atoms with Gasteiger partial charge in [0.25, 0.3) is 0 Å². The Kier molecular flexibility index (Phi) is 4.61. The Morgan fingerprint density at radius 3 is 2.39 bits per heavy atom. The molecule has 0 bridgehead atoms. The normalized spacial score (nSPS) is 13.2. The van der Waals surface area contributed by atoms with Crippen molar-refractivity contribution in [1.29, 1.82) is 5.26 Å². The van der Waals surface area contributed by atoms with E-state index in [9.17, 15) is 5.26 Å². The lowest BCUT2D eigenvalue weighted by Crippen LogP contribution is -2.32. The quantitative estimate of drug-likeness (QED) is 0.837. The minimum Gasteiger partial charge on any atom is -0.497 e. The van der Waals surface area contributed by atoms with Crippen LogP contribution in [0.15, 0.2) is 18.2 Å². The summed E-state index contributed by atoms with van der Waals surface area (Å²) in [6, 6.07) is 7.84. The van der Waals surface area contributed by atoms with Crippen molar-refractivity contribution in [2.24, 2.45) is 5.41 Å². The Hall–Kier alpha value is -1.24. The monoisotopic (exact) mass is 266 g/mol. The maximum absolute atomic E-state index is 9.32. The molecule has 0 heterocycles. The highest BCUT2D eigenvalue weighted by molar-refractivity contribution is 6.31. The molecule has 0 aliphatic rings. The molecule has 0 saturated heterocycles. The number of hydrogen-bond acceptors (Lipinski definition) is 3. The molecule has 0 aliphatic heterocycles. The smallest absolute Gasteiger partial charge is 0.120 e. The second-order valence-electron chi connectivity index (χ2n) is 5.09. The first-order valence-electron chi connectivity index (χ1n) is 5.74. The van der Waals surface area contributed by atoms with E-state index in [1.54, 1.807) is 13.2 Å². The minimum absolute atomic E-state index is 0.0686. The van der Waals surface area contributed by atoms with Crippen LogP contribution in [0, 0.1) is 16.7 Å². The standard InChI is InChI=1S/C14H19ClN2O/c1-14(2,9-16)13(17(3)4)11-7-6-10(18-5)8-12(11)15/h6-8,13H,1-5H3. The van der Waals surface area contributed by atoms with Crippen molar-refractivity contribution < 1.29 is 4.74 Å². The molecule has 18 heavy (non-hydrogen) atoms. The molecule has 1 aromatic rings.